The molecule has 0 amide bonds. The summed E-state index contributed by atoms with van der Waals surface area (Å²) in [6, 6.07) is 28.3. The molecule has 0 fully saturated rings. The van der Waals surface area contributed by atoms with Gasteiger partial charge in [0.2, 0.25) is 0 Å². The highest BCUT2D eigenvalue weighted by molar-refractivity contribution is 7.90. The summed E-state index contributed by atoms with van der Waals surface area (Å²) in [5.41, 5.74) is 3.15. The molecule has 31 heavy (non-hydrogen) atoms. The Labute approximate surface area is 181 Å². The number of methoxy groups -OCH3 is 1. The molecule has 4 aromatic carbocycles. The Kier molecular flexibility index (Phi) is 4.56. The summed E-state index contributed by atoms with van der Waals surface area (Å²) >= 11 is 0. The molecule has 0 bridgehead atoms. The van der Waals surface area contributed by atoms with Crippen LogP contribution in [0, 0.1) is 6.92 Å². The molecule has 5 aromatic rings. The van der Waals surface area contributed by atoms with Crippen LogP contribution in [0.25, 0.3) is 32.9 Å². The summed E-state index contributed by atoms with van der Waals surface area (Å²) in [7, 11) is -2.14. The lowest BCUT2D eigenvalue weighted by molar-refractivity contribution is 0.415. The SMILES string of the molecule is COc1ccc2cc(-c3cc4ccccc4n3S(=O)(=O)c3ccc(C)cc3)ccc2c1. The summed E-state index contributed by atoms with van der Waals surface area (Å²) in [6.45, 7) is 1.94. The van der Waals surface area contributed by atoms with Gasteiger partial charge in [-0.3, -0.25) is 0 Å². The van der Waals surface area contributed by atoms with Crippen LogP contribution in [0.4, 0.5) is 0 Å². The maximum absolute atomic E-state index is 13.7. The second-order valence-corrected chi connectivity index (χ2v) is 9.39. The normalized spacial score (nSPS) is 11.8. The summed E-state index contributed by atoms with van der Waals surface area (Å²) in [6.07, 6.45) is 0. The average molecular weight is 428 g/mol. The van der Waals surface area contributed by atoms with Gasteiger partial charge >= 0.3 is 0 Å². The van der Waals surface area contributed by atoms with Crippen LogP contribution in [0.2, 0.25) is 0 Å². The van der Waals surface area contributed by atoms with Gasteiger partial charge in [-0.15, -0.1) is 0 Å². The van der Waals surface area contributed by atoms with E-state index in [0.29, 0.717) is 11.2 Å². The number of rotatable bonds is 4. The van der Waals surface area contributed by atoms with Gasteiger partial charge in [0.05, 0.1) is 23.2 Å². The molecule has 0 aliphatic carbocycles. The smallest absolute Gasteiger partial charge is 0.268 e. The standard InChI is InChI=1S/C26H21NO3S/c1-18-7-13-24(14-8-18)31(28,29)27-25-6-4-3-5-21(25)17-26(27)22-10-9-20-16-23(30-2)12-11-19(20)15-22/h3-17H,1-2H3. The lowest BCUT2D eigenvalue weighted by Crippen LogP contribution is -2.14. The molecule has 0 N–H and O–H groups in total. The predicted octanol–water partition coefficient (Wildman–Crippen LogP) is 6.02. The molecule has 5 rings (SSSR count). The van der Waals surface area contributed by atoms with Crippen molar-refractivity contribution in [2.45, 2.75) is 11.8 Å². The number of nitrogens with zero attached hydrogens (tertiary/aromatic N) is 1. The highest BCUT2D eigenvalue weighted by atomic mass is 32.2. The number of ether oxygens (including phenoxy) is 1. The van der Waals surface area contributed by atoms with Crippen molar-refractivity contribution in [2.24, 2.45) is 0 Å². The molecule has 0 saturated heterocycles. The van der Waals surface area contributed by atoms with Crippen molar-refractivity contribution in [3.63, 3.8) is 0 Å². The van der Waals surface area contributed by atoms with E-state index in [0.717, 1.165) is 33.0 Å². The van der Waals surface area contributed by atoms with E-state index >= 15 is 0 Å². The van der Waals surface area contributed by atoms with E-state index < -0.39 is 10.0 Å². The number of hydrogen-bond acceptors (Lipinski definition) is 3. The van der Waals surface area contributed by atoms with E-state index in [2.05, 4.69) is 0 Å². The fourth-order valence-corrected chi connectivity index (χ4v) is 5.45. The van der Waals surface area contributed by atoms with Crippen molar-refractivity contribution >= 4 is 31.7 Å². The van der Waals surface area contributed by atoms with Crippen LogP contribution < -0.4 is 4.74 Å². The van der Waals surface area contributed by atoms with E-state index in [1.807, 2.05) is 85.8 Å². The van der Waals surface area contributed by atoms with Crippen molar-refractivity contribution in [1.29, 1.82) is 0 Å². The molecule has 4 nitrogen and oxygen atoms in total. The third-order valence-electron chi connectivity index (χ3n) is 5.57. The fraction of sp³-hybridized carbons (Fsp3) is 0.0769. The molecule has 5 heteroatoms. The first-order chi connectivity index (χ1) is 15.0. The first-order valence-corrected chi connectivity index (χ1v) is 11.4. The topological polar surface area (TPSA) is 48.3 Å². The highest BCUT2D eigenvalue weighted by Crippen LogP contribution is 2.34. The van der Waals surface area contributed by atoms with E-state index in [-0.39, 0.29) is 4.90 Å². The minimum absolute atomic E-state index is 0.270. The van der Waals surface area contributed by atoms with Crippen molar-refractivity contribution in [3.8, 4) is 17.0 Å². The molecule has 0 spiro atoms. The van der Waals surface area contributed by atoms with Gasteiger partial charge in [-0.1, -0.05) is 54.1 Å². The molecule has 0 radical (unpaired) electrons. The molecule has 0 aliphatic heterocycles. The predicted molar refractivity (Wildman–Crippen MR) is 125 cm³/mol. The molecular weight excluding hydrogens is 406 g/mol. The lowest BCUT2D eigenvalue weighted by Gasteiger charge is -2.13. The second-order valence-electron chi connectivity index (χ2n) is 7.60. The van der Waals surface area contributed by atoms with Crippen molar-refractivity contribution in [2.75, 3.05) is 7.11 Å². The van der Waals surface area contributed by atoms with Gasteiger partial charge in [-0.25, -0.2) is 12.4 Å². The van der Waals surface area contributed by atoms with Gasteiger partial charge in [-0.05, 0) is 65.7 Å². The maximum atomic E-state index is 13.7. The second kappa shape index (κ2) is 7.29. The van der Waals surface area contributed by atoms with Crippen LogP contribution in [-0.2, 0) is 10.0 Å². The summed E-state index contributed by atoms with van der Waals surface area (Å²) in [5.74, 6) is 0.788. The molecule has 1 aromatic heterocycles. The zero-order valence-electron chi connectivity index (χ0n) is 17.2. The maximum Gasteiger partial charge on any atom is 0.268 e. The molecule has 0 atom stereocenters. The molecular formula is C26H21NO3S. The Bertz CT molecular complexity index is 1530. The van der Waals surface area contributed by atoms with Gasteiger partial charge in [0.1, 0.15) is 5.75 Å². The van der Waals surface area contributed by atoms with Gasteiger partial charge in [0.25, 0.3) is 10.0 Å². The van der Waals surface area contributed by atoms with Gasteiger partial charge < -0.3 is 4.74 Å². The number of hydrogen-bond donors (Lipinski definition) is 0. The number of para-hydroxylation sites is 1. The van der Waals surface area contributed by atoms with Gasteiger partial charge in [0.15, 0.2) is 0 Å². The molecule has 154 valence electrons. The fourth-order valence-electron chi connectivity index (χ4n) is 3.92. The number of fused-ring (bicyclic) bond motifs is 2. The van der Waals surface area contributed by atoms with E-state index in [4.69, 9.17) is 4.74 Å². The van der Waals surface area contributed by atoms with Crippen molar-refractivity contribution < 1.29 is 13.2 Å². The number of benzene rings is 4. The zero-order valence-corrected chi connectivity index (χ0v) is 18.1. The Balaban J connectivity index is 1.77. The first kappa shape index (κ1) is 19.4. The third kappa shape index (κ3) is 3.27. The Morgan fingerprint density at radius 2 is 1.45 bits per heavy atom. The minimum Gasteiger partial charge on any atom is -0.497 e. The van der Waals surface area contributed by atoms with E-state index in [1.54, 1.807) is 19.2 Å². The molecule has 0 aliphatic rings. The van der Waals surface area contributed by atoms with Gasteiger partial charge in [0, 0.05) is 5.39 Å². The Morgan fingerprint density at radius 3 is 2.23 bits per heavy atom. The van der Waals surface area contributed by atoms with E-state index in [1.165, 1.54) is 3.97 Å². The highest BCUT2D eigenvalue weighted by Gasteiger charge is 2.23. The molecule has 0 unspecified atom stereocenters. The summed E-state index contributed by atoms with van der Waals surface area (Å²) in [4.78, 5) is 0.270. The van der Waals surface area contributed by atoms with Crippen LogP contribution in [-0.4, -0.2) is 19.5 Å². The number of aromatic nitrogens is 1. The third-order valence-corrected chi connectivity index (χ3v) is 7.31. The average Bonchev–Trinajstić information content (AvgIpc) is 3.19. The number of aryl methyl sites for hydroxylation is 1. The van der Waals surface area contributed by atoms with Crippen LogP contribution in [0.5, 0.6) is 5.75 Å². The minimum atomic E-state index is -3.79. The van der Waals surface area contributed by atoms with Crippen molar-refractivity contribution in [3.05, 3.63) is 96.6 Å². The Morgan fingerprint density at radius 1 is 0.742 bits per heavy atom. The monoisotopic (exact) mass is 427 g/mol. The first-order valence-electron chi connectivity index (χ1n) is 9.98. The zero-order chi connectivity index (χ0) is 21.6. The lowest BCUT2D eigenvalue weighted by atomic mass is 10.0. The van der Waals surface area contributed by atoms with Crippen LogP contribution >= 0.6 is 0 Å². The Hall–Kier alpha value is -3.57. The molecule has 0 saturated carbocycles. The van der Waals surface area contributed by atoms with Crippen molar-refractivity contribution in [1.82, 2.24) is 3.97 Å². The summed E-state index contributed by atoms with van der Waals surface area (Å²) in [5, 5.41) is 2.93. The largest absolute Gasteiger partial charge is 0.497 e. The van der Waals surface area contributed by atoms with E-state index in [9.17, 15) is 8.42 Å². The van der Waals surface area contributed by atoms with Crippen LogP contribution in [0.1, 0.15) is 5.56 Å². The quantitative estimate of drug-likeness (QED) is 0.353. The van der Waals surface area contributed by atoms with Crippen LogP contribution in [0.3, 0.4) is 0 Å². The molecule has 1 heterocycles. The van der Waals surface area contributed by atoms with Gasteiger partial charge in [-0.2, -0.15) is 0 Å². The van der Waals surface area contributed by atoms with Crippen LogP contribution in [0.15, 0.2) is 95.9 Å². The summed E-state index contributed by atoms with van der Waals surface area (Å²) < 4.78 is 34.2.